The van der Waals surface area contributed by atoms with Gasteiger partial charge in [0.2, 0.25) is 5.91 Å². The summed E-state index contributed by atoms with van der Waals surface area (Å²) < 4.78 is 61.0. The summed E-state index contributed by atoms with van der Waals surface area (Å²) in [7, 11) is 0. The predicted octanol–water partition coefficient (Wildman–Crippen LogP) is 1.42. The second-order valence-electron chi connectivity index (χ2n) is 18.6. The Kier molecular flexibility index (Phi) is 19.2. The number of nitrogens with one attached hydrogen (secondary N) is 1. The third kappa shape index (κ3) is 14.3. The number of hydrogen-bond acceptors (Lipinski definition) is 18. The molecule has 3 fully saturated rings. The molecule has 6 N–H and O–H groups in total. The van der Waals surface area contributed by atoms with Crippen molar-refractivity contribution >= 4 is 17.8 Å². The maximum absolute atomic E-state index is 13.2. The number of amides is 1. The van der Waals surface area contributed by atoms with Gasteiger partial charge in [-0.15, -0.1) is 6.58 Å². The van der Waals surface area contributed by atoms with E-state index in [1.165, 1.54) is 13.0 Å². The van der Waals surface area contributed by atoms with Crippen LogP contribution in [0.5, 0.6) is 0 Å². The van der Waals surface area contributed by atoms with Crippen LogP contribution in [0.1, 0.15) is 59.6 Å². The van der Waals surface area contributed by atoms with Crippen LogP contribution in [0, 0.1) is 10.8 Å². The molecule has 3 heterocycles. The van der Waals surface area contributed by atoms with Crippen molar-refractivity contribution in [3.8, 4) is 0 Å². The molecule has 5 rings (SSSR count). The lowest BCUT2D eigenvalue weighted by Gasteiger charge is -2.50. The summed E-state index contributed by atoms with van der Waals surface area (Å²) in [5.41, 5.74) is -0.257. The van der Waals surface area contributed by atoms with E-state index in [0.717, 1.165) is 11.1 Å². The summed E-state index contributed by atoms with van der Waals surface area (Å²) in [5.74, 6) is -1.83. The molecule has 0 spiro atoms. The Morgan fingerprint density at radius 3 is 1.67 bits per heavy atom. The lowest BCUT2D eigenvalue weighted by molar-refractivity contribution is -0.369. The normalized spacial score (nSPS) is 32.8. The summed E-state index contributed by atoms with van der Waals surface area (Å²) in [6.45, 7) is 13.5. The zero-order chi connectivity index (χ0) is 48.3. The quantitative estimate of drug-likeness (QED) is 0.0860. The first-order chi connectivity index (χ1) is 31.2. The molecular weight excluding hydrogens is 867 g/mol. The summed E-state index contributed by atoms with van der Waals surface area (Å²) in [6, 6.07) is 17.0. The number of carbonyl (C=O) groups is 3. The van der Waals surface area contributed by atoms with Crippen molar-refractivity contribution in [2.24, 2.45) is 10.8 Å². The van der Waals surface area contributed by atoms with E-state index in [4.69, 9.17) is 47.4 Å². The Labute approximate surface area is 385 Å². The topological polar surface area (TPSA) is 257 Å². The SMILES string of the molecule is C=CCO[C@@H]1O[C@H](COC(=O)C(C)(C)C)[C@H](O)[C@H](O[C@@H]2O[C@H](COCc3ccccc3)[C@@H](OCc3ccccc3)[C@H](O[C@@H]3O[C@H](COC(=O)C(C)(C)C)[C@H](O)[C@H](O)[C@H]3O)[C@H]2NC(C)=O)[C@H]1O. The molecule has 3 aliphatic rings. The summed E-state index contributed by atoms with van der Waals surface area (Å²) in [5, 5.41) is 59.8. The van der Waals surface area contributed by atoms with E-state index in [1.807, 2.05) is 60.7 Å². The van der Waals surface area contributed by atoms with Crippen molar-refractivity contribution in [1.29, 1.82) is 0 Å². The van der Waals surface area contributed by atoms with Gasteiger partial charge in [0.15, 0.2) is 18.9 Å². The van der Waals surface area contributed by atoms with E-state index >= 15 is 0 Å². The van der Waals surface area contributed by atoms with Crippen molar-refractivity contribution in [1.82, 2.24) is 5.32 Å². The van der Waals surface area contributed by atoms with Gasteiger partial charge >= 0.3 is 11.9 Å². The molecule has 19 heteroatoms. The molecule has 368 valence electrons. The van der Waals surface area contributed by atoms with Gasteiger partial charge in [0.05, 0.1) is 37.3 Å². The molecule has 0 bridgehead atoms. The molecule has 2 aromatic carbocycles. The number of aliphatic hydroxyl groups is 5. The number of ether oxygens (including phenoxy) is 10. The molecule has 19 nitrogen and oxygen atoms in total. The minimum absolute atomic E-state index is 0.0301. The van der Waals surface area contributed by atoms with E-state index in [0.29, 0.717) is 0 Å². The summed E-state index contributed by atoms with van der Waals surface area (Å²) >= 11 is 0. The monoisotopic (exact) mass is 933 g/mol. The van der Waals surface area contributed by atoms with E-state index in [9.17, 15) is 39.9 Å². The molecule has 66 heavy (non-hydrogen) atoms. The maximum Gasteiger partial charge on any atom is 0.311 e. The zero-order valence-corrected chi connectivity index (χ0v) is 38.5. The van der Waals surface area contributed by atoms with Crippen LogP contribution < -0.4 is 5.32 Å². The average molecular weight is 934 g/mol. The lowest BCUT2D eigenvalue weighted by atomic mass is 9.94. The Morgan fingerprint density at radius 2 is 1.12 bits per heavy atom. The number of benzene rings is 2. The average Bonchev–Trinajstić information content (AvgIpc) is 3.27. The third-order valence-electron chi connectivity index (χ3n) is 10.9. The fourth-order valence-corrected chi connectivity index (χ4v) is 7.27. The van der Waals surface area contributed by atoms with Crippen molar-refractivity contribution in [3.05, 3.63) is 84.4 Å². The smallest absolute Gasteiger partial charge is 0.311 e. The van der Waals surface area contributed by atoms with Crippen molar-refractivity contribution < 1.29 is 87.3 Å². The maximum atomic E-state index is 13.2. The molecule has 2 aromatic rings. The van der Waals surface area contributed by atoms with Crippen LogP contribution in [0.25, 0.3) is 0 Å². The van der Waals surface area contributed by atoms with Crippen LogP contribution in [0.4, 0.5) is 0 Å². The van der Waals surface area contributed by atoms with Crippen LogP contribution >= 0.6 is 0 Å². The third-order valence-corrected chi connectivity index (χ3v) is 10.9. The van der Waals surface area contributed by atoms with Gasteiger partial charge in [-0.25, -0.2) is 0 Å². The fraction of sp³-hybridized carbons (Fsp3) is 0.638. The Hall–Kier alpha value is -3.93. The highest BCUT2D eigenvalue weighted by atomic mass is 16.8. The van der Waals surface area contributed by atoms with Crippen molar-refractivity contribution in [3.63, 3.8) is 0 Å². The van der Waals surface area contributed by atoms with Gasteiger partial charge in [0.25, 0.3) is 0 Å². The lowest BCUT2D eigenvalue weighted by Crippen LogP contribution is -2.70. The molecule has 0 saturated carbocycles. The van der Waals surface area contributed by atoms with Gasteiger partial charge < -0.3 is 78.2 Å². The zero-order valence-electron chi connectivity index (χ0n) is 38.5. The van der Waals surface area contributed by atoms with E-state index in [2.05, 4.69) is 11.9 Å². The molecule has 0 radical (unpaired) electrons. The van der Waals surface area contributed by atoms with Gasteiger partial charge in [-0.3, -0.25) is 14.4 Å². The number of carbonyl (C=O) groups excluding carboxylic acids is 3. The van der Waals surface area contributed by atoms with Crippen LogP contribution in [0.2, 0.25) is 0 Å². The molecule has 1 amide bonds. The molecule has 3 aliphatic heterocycles. The van der Waals surface area contributed by atoms with E-state index in [-0.39, 0.29) is 26.4 Å². The standard InChI is InChI=1S/C47H67NO18/c1-9-20-58-42-37(54)40(34(51)30(62-42)25-61-45(56)47(6,7)8)66-41-32(48-26(2)49)39(65-43-36(53)35(52)33(50)29(63-43)24-60-44(55)46(3,4)5)38(59-22-28-18-14-11-15-19-28)31(64-41)23-57-21-27-16-12-10-13-17-27/h9-19,29-43,50-54H,1,20-25H2,2-8H3,(H,48,49)/t29-,30-,31-,32-,33+,34+,35+,36-,37-,38-,39-,40+,41+,42-,43+/m1/s1. The minimum Gasteiger partial charge on any atom is -0.462 e. The van der Waals surface area contributed by atoms with Crippen LogP contribution in [-0.4, -0.2) is 162 Å². The molecule has 3 saturated heterocycles. The Bertz CT molecular complexity index is 1840. The molecule has 15 atom stereocenters. The van der Waals surface area contributed by atoms with Crippen LogP contribution in [-0.2, 0) is 75.0 Å². The molecule has 0 aromatic heterocycles. The fourth-order valence-electron chi connectivity index (χ4n) is 7.27. The second-order valence-corrected chi connectivity index (χ2v) is 18.6. The predicted molar refractivity (Wildman–Crippen MR) is 231 cm³/mol. The van der Waals surface area contributed by atoms with Crippen LogP contribution in [0.15, 0.2) is 73.3 Å². The first-order valence-corrected chi connectivity index (χ1v) is 22.0. The minimum atomic E-state index is -1.91. The molecular formula is C47H67NO18. The second kappa shape index (κ2) is 23.9. The van der Waals surface area contributed by atoms with Crippen LogP contribution in [0.3, 0.4) is 0 Å². The van der Waals surface area contributed by atoms with Crippen molar-refractivity contribution in [2.45, 2.75) is 154 Å². The highest BCUT2D eigenvalue weighted by Crippen LogP contribution is 2.35. The first-order valence-electron chi connectivity index (χ1n) is 22.0. The number of esters is 2. The number of hydrogen-bond donors (Lipinski definition) is 6. The van der Waals surface area contributed by atoms with Gasteiger partial charge in [-0.1, -0.05) is 66.7 Å². The van der Waals surface area contributed by atoms with E-state index in [1.54, 1.807) is 41.5 Å². The van der Waals surface area contributed by atoms with E-state index < -0.39 is 134 Å². The summed E-state index contributed by atoms with van der Waals surface area (Å²) in [4.78, 5) is 38.7. The Morgan fingerprint density at radius 1 is 0.606 bits per heavy atom. The Balaban J connectivity index is 1.55. The largest absolute Gasteiger partial charge is 0.462 e. The van der Waals surface area contributed by atoms with Gasteiger partial charge in [0, 0.05) is 6.92 Å². The highest BCUT2D eigenvalue weighted by molar-refractivity contribution is 5.75. The molecule has 0 aliphatic carbocycles. The summed E-state index contributed by atoms with van der Waals surface area (Å²) in [6.07, 6.45) is -20.4. The first kappa shape index (κ1) is 53.0. The van der Waals surface area contributed by atoms with Gasteiger partial charge in [0.1, 0.15) is 86.4 Å². The number of rotatable bonds is 19. The highest BCUT2D eigenvalue weighted by Gasteiger charge is 2.56. The number of aliphatic hydroxyl groups excluding tert-OH is 5. The van der Waals surface area contributed by atoms with Crippen molar-refractivity contribution in [2.75, 3.05) is 26.4 Å². The van der Waals surface area contributed by atoms with Gasteiger partial charge in [-0.05, 0) is 52.7 Å². The van der Waals surface area contributed by atoms with Gasteiger partial charge in [-0.2, -0.15) is 0 Å². The molecule has 0 unspecified atom stereocenters.